The highest BCUT2D eigenvalue weighted by atomic mass is 79.9. The molecule has 0 aliphatic heterocycles. The van der Waals surface area contributed by atoms with E-state index in [0.717, 1.165) is 15.6 Å². The lowest BCUT2D eigenvalue weighted by Gasteiger charge is -2.11. The summed E-state index contributed by atoms with van der Waals surface area (Å²) in [6.45, 7) is 5.00. The predicted octanol–water partition coefficient (Wildman–Crippen LogP) is 4.96. The Kier molecular flexibility index (Phi) is 5.15. The van der Waals surface area contributed by atoms with E-state index < -0.39 is 0 Å². The smallest absolute Gasteiger partial charge is 0.248 e. The number of aromatic nitrogens is 2. The lowest BCUT2D eigenvalue weighted by molar-refractivity contribution is 0.288. The van der Waals surface area contributed by atoms with Gasteiger partial charge in [0, 0.05) is 15.6 Å². The maximum Gasteiger partial charge on any atom is 0.248 e. The van der Waals surface area contributed by atoms with E-state index in [1.807, 2.05) is 56.3 Å². The largest absolute Gasteiger partial charge is 0.490 e. The van der Waals surface area contributed by atoms with Gasteiger partial charge in [-0.25, -0.2) is 0 Å². The molecule has 0 fully saturated rings. The third-order valence-electron chi connectivity index (χ3n) is 3.31. The van der Waals surface area contributed by atoms with Crippen LogP contribution in [0.2, 0.25) is 0 Å². The molecule has 1 aromatic heterocycles. The van der Waals surface area contributed by atoms with E-state index in [1.54, 1.807) is 0 Å². The summed E-state index contributed by atoms with van der Waals surface area (Å²) in [7, 11) is 0. The fraction of sp³-hybridized carbons (Fsp3) is 0.222. The van der Waals surface area contributed by atoms with Crippen LogP contribution in [0.1, 0.15) is 13.8 Å². The minimum absolute atomic E-state index is 0.442. The molecule has 2 aromatic carbocycles. The number of rotatable bonds is 6. The fourth-order valence-corrected chi connectivity index (χ4v) is 2.50. The van der Waals surface area contributed by atoms with Gasteiger partial charge >= 0.3 is 0 Å². The van der Waals surface area contributed by atoms with Crippen molar-refractivity contribution >= 4 is 15.9 Å². The van der Waals surface area contributed by atoms with E-state index in [9.17, 15) is 0 Å². The number of ether oxygens (including phenoxy) is 2. The van der Waals surface area contributed by atoms with E-state index in [4.69, 9.17) is 13.9 Å². The van der Waals surface area contributed by atoms with E-state index in [0.29, 0.717) is 36.5 Å². The monoisotopic (exact) mass is 388 g/mol. The topological polar surface area (TPSA) is 57.4 Å². The van der Waals surface area contributed by atoms with Crippen LogP contribution in [0, 0.1) is 0 Å². The van der Waals surface area contributed by atoms with Crippen LogP contribution in [0.15, 0.2) is 51.4 Å². The van der Waals surface area contributed by atoms with Crippen LogP contribution in [-0.2, 0) is 0 Å². The summed E-state index contributed by atoms with van der Waals surface area (Å²) in [5, 5.41) is 8.26. The number of benzene rings is 2. The van der Waals surface area contributed by atoms with Crippen molar-refractivity contribution in [3.8, 4) is 34.4 Å². The van der Waals surface area contributed by atoms with Crippen LogP contribution in [0.3, 0.4) is 0 Å². The molecule has 24 heavy (non-hydrogen) atoms. The molecule has 0 saturated heterocycles. The van der Waals surface area contributed by atoms with Gasteiger partial charge in [0.2, 0.25) is 11.8 Å². The van der Waals surface area contributed by atoms with Crippen molar-refractivity contribution in [1.29, 1.82) is 0 Å². The highest BCUT2D eigenvalue weighted by Crippen LogP contribution is 2.33. The Morgan fingerprint density at radius 2 is 1.42 bits per heavy atom. The van der Waals surface area contributed by atoms with Crippen molar-refractivity contribution in [1.82, 2.24) is 10.2 Å². The van der Waals surface area contributed by atoms with Gasteiger partial charge in [-0.15, -0.1) is 10.2 Å². The van der Waals surface area contributed by atoms with Gasteiger partial charge in [-0.05, 0) is 56.3 Å². The summed E-state index contributed by atoms with van der Waals surface area (Å²) < 4.78 is 18.0. The molecule has 0 spiro atoms. The summed E-state index contributed by atoms with van der Waals surface area (Å²) in [4.78, 5) is 0. The van der Waals surface area contributed by atoms with Crippen molar-refractivity contribution in [3.63, 3.8) is 0 Å². The molecule has 0 radical (unpaired) electrons. The zero-order valence-electron chi connectivity index (χ0n) is 13.5. The summed E-state index contributed by atoms with van der Waals surface area (Å²) in [6, 6.07) is 13.3. The molecule has 0 amide bonds. The fourth-order valence-electron chi connectivity index (χ4n) is 2.23. The lowest BCUT2D eigenvalue weighted by Crippen LogP contribution is -1.98. The van der Waals surface area contributed by atoms with E-state index in [2.05, 4.69) is 26.1 Å². The van der Waals surface area contributed by atoms with Crippen molar-refractivity contribution in [2.45, 2.75) is 13.8 Å². The van der Waals surface area contributed by atoms with Crippen molar-refractivity contribution < 1.29 is 13.9 Å². The maximum atomic E-state index is 5.79. The minimum Gasteiger partial charge on any atom is -0.490 e. The molecule has 0 aliphatic rings. The van der Waals surface area contributed by atoms with Gasteiger partial charge in [0.1, 0.15) is 0 Å². The Labute approximate surface area is 148 Å². The van der Waals surface area contributed by atoms with Crippen molar-refractivity contribution in [2.24, 2.45) is 0 Å². The van der Waals surface area contributed by atoms with Crippen LogP contribution in [0.5, 0.6) is 11.5 Å². The van der Waals surface area contributed by atoms with Crippen LogP contribution < -0.4 is 9.47 Å². The lowest BCUT2D eigenvalue weighted by atomic mass is 10.2. The molecular weight excluding hydrogens is 372 g/mol. The second-order valence-corrected chi connectivity index (χ2v) is 5.86. The molecule has 6 heteroatoms. The second-order valence-electron chi connectivity index (χ2n) is 4.95. The number of hydrogen-bond acceptors (Lipinski definition) is 5. The summed E-state index contributed by atoms with van der Waals surface area (Å²) >= 11 is 3.41. The average Bonchev–Trinajstić information content (AvgIpc) is 3.07. The highest BCUT2D eigenvalue weighted by molar-refractivity contribution is 9.10. The molecular formula is C18H17BrN2O3. The molecule has 0 bridgehead atoms. The number of hydrogen-bond donors (Lipinski definition) is 0. The third-order valence-corrected chi connectivity index (χ3v) is 3.84. The molecule has 3 rings (SSSR count). The minimum atomic E-state index is 0.442. The van der Waals surface area contributed by atoms with Gasteiger partial charge in [0.05, 0.1) is 13.2 Å². The highest BCUT2D eigenvalue weighted by Gasteiger charge is 2.13. The second kappa shape index (κ2) is 7.49. The Balaban J connectivity index is 1.91. The Morgan fingerprint density at radius 1 is 0.833 bits per heavy atom. The molecule has 0 N–H and O–H groups in total. The van der Waals surface area contributed by atoms with Crippen molar-refractivity contribution in [2.75, 3.05) is 13.2 Å². The van der Waals surface area contributed by atoms with Crippen molar-refractivity contribution in [3.05, 3.63) is 46.9 Å². The standard InChI is InChI=1S/C18H17BrN2O3/c1-3-22-15-10-7-13(11-16(15)23-4-2)18-21-20-17(24-18)12-5-8-14(19)9-6-12/h5-11H,3-4H2,1-2H3. The van der Waals surface area contributed by atoms with Crippen LogP contribution in [-0.4, -0.2) is 23.4 Å². The molecule has 0 unspecified atom stereocenters. The number of halogens is 1. The summed E-state index contributed by atoms with van der Waals surface area (Å²) in [6.07, 6.45) is 0. The van der Waals surface area contributed by atoms with Gasteiger partial charge in [-0.2, -0.15) is 0 Å². The van der Waals surface area contributed by atoms with Crippen LogP contribution >= 0.6 is 15.9 Å². The first-order valence-electron chi connectivity index (χ1n) is 7.70. The molecule has 0 atom stereocenters. The van der Waals surface area contributed by atoms with Gasteiger partial charge in [0.15, 0.2) is 11.5 Å². The molecule has 124 valence electrons. The molecule has 5 nitrogen and oxygen atoms in total. The first kappa shape index (κ1) is 16.5. The predicted molar refractivity (Wildman–Crippen MR) is 95.2 cm³/mol. The van der Waals surface area contributed by atoms with E-state index in [1.165, 1.54) is 0 Å². The maximum absolute atomic E-state index is 5.79. The van der Waals surface area contributed by atoms with Gasteiger partial charge in [-0.1, -0.05) is 15.9 Å². The summed E-state index contributed by atoms with van der Waals surface area (Å²) in [5.74, 6) is 2.29. The Hall–Kier alpha value is -2.34. The molecule has 0 aliphatic carbocycles. The first-order valence-corrected chi connectivity index (χ1v) is 8.50. The quantitative estimate of drug-likeness (QED) is 0.596. The van der Waals surface area contributed by atoms with Gasteiger partial charge < -0.3 is 13.9 Å². The Morgan fingerprint density at radius 3 is 2.08 bits per heavy atom. The molecule has 1 heterocycles. The summed E-state index contributed by atoms with van der Waals surface area (Å²) in [5.41, 5.74) is 1.66. The molecule has 3 aromatic rings. The zero-order valence-corrected chi connectivity index (χ0v) is 15.0. The number of nitrogens with zero attached hydrogens (tertiary/aromatic N) is 2. The zero-order chi connectivity index (χ0) is 16.9. The van der Waals surface area contributed by atoms with E-state index in [-0.39, 0.29) is 0 Å². The third kappa shape index (κ3) is 3.59. The van der Waals surface area contributed by atoms with Crippen LogP contribution in [0.25, 0.3) is 22.9 Å². The van der Waals surface area contributed by atoms with Gasteiger partial charge in [0.25, 0.3) is 0 Å². The van der Waals surface area contributed by atoms with E-state index >= 15 is 0 Å². The average molecular weight is 389 g/mol. The van der Waals surface area contributed by atoms with Gasteiger partial charge in [-0.3, -0.25) is 0 Å². The first-order chi connectivity index (χ1) is 11.7. The SMILES string of the molecule is CCOc1ccc(-c2nnc(-c3ccc(Br)cc3)o2)cc1OCC. The van der Waals surface area contributed by atoms with Crippen LogP contribution in [0.4, 0.5) is 0 Å². The normalized spacial score (nSPS) is 10.6. The molecule has 0 saturated carbocycles. The Bertz CT molecular complexity index is 815.